The number of amides is 1. The minimum atomic E-state index is -0.886. The standard InChI is InChI=1S/C16H15N3O3/c17-9-12-4-3-5-13(8-12)16(22)18-10-14(20)11-19-7-2-1-6-15(19)21/h1-8,14,20H,10-11H2,(H,18,22)/t14-/m1/s1. The van der Waals surface area contributed by atoms with Crippen molar-refractivity contribution >= 4 is 5.91 Å². The maximum Gasteiger partial charge on any atom is 0.251 e. The first kappa shape index (κ1) is 15.5. The molecule has 1 heterocycles. The summed E-state index contributed by atoms with van der Waals surface area (Å²) in [5.74, 6) is -0.378. The Bertz CT molecular complexity index is 761. The summed E-state index contributed by atoms with van der Waals surface area (Å²) >= 11 is 0. The van der Waals surface area contributed by atoms with Gasteiger partial charge < -0.3 is 15.0 Å². The van der Waals surface area contributed by atoms with Crippen LogP contribution in [0.1, 0.15) is 15.9 Å². The SMILES string of the molecule is N#Cc1cccc(C(=O)NC[C@@H](O)Cn2ccccc2=O)c1. The summed E-state index contributed by atoms with van der Waals surface area (Å²) < 4.78 is 1.37. The minimum absolute atomic E-state index is 0.0109. The van der Waals surface area contributed by atoms with Crippen molar-refractivity contribution in [3.63, 3.8) is 0 Å². The maximum atomic E-state index is 11.9. The highest BCUT2D eigenvalue weighted by Crippen LogP contribution is 2.04. The zero-order chi connectivity index (χ0) is 15.9. The topological polar surface area (TPSA) is 95.1 Å². The molecule has 1 atom stereocenters. The number of aliphatic hydroxyl groups excluding tert-OH is 1. The number of benzene rings is 1. The predicted octanol–water partition coefficient (Wildman–Crippen LogP) is 0.511. The van der Waals surface area contributed by atoms with Crippen LogP contribution < -0.4 is 10.9 Å². The van der Waals surface area contributed by atoms with Crippen LogP contribution in [0.2, 0.25) is 0 Å². The van der Waals surface area contributed by atoms with Crippen molar-refractivity contribution in [1.29, 1.82) is 5.26 Å². The van der Waals surface area contributed by atoms with Gasteiger partial charge in [0.2, 0.25) is 0 Å². The summed E-state index contributed by atoms with van der Waals surface area (Å²) in [6, 6.07) is 13.0. The summed E-state index contributed by atoms with van der Waals surface area (Å²) in [6.07, 6.45) is 0.687. The van der Waals surface area contributed by atoms with E-state index in [4.69, 9.17) is 5.26 Å². The molecule has 2 aromatic rings. The molecule has 2 N–H and O–H groups in total. The quantitative estimate of drug-likeness (QED) is 0.840. The van der Waals surface area contributed by atoms with Gasteiger partial charge in [0, 0.05) is 24.4 Å². The molecule has 112 valence electrons. The molecule has 6 nitrogen and oxygen atoms in total. The largest absolute Gasteiger partial charge is 0.389 e. The van der Waals surface area contributed by atoms with Crippen LogP contribution in [0.5, 0.6) is 0 Å². The average Bonchev–Trinajstić information content (AvgIpc) is 2.55. The molecule has 2 rings (SSSR count). The third-order valence-electron chi connectivity index (χ3n) is 3.06. The Hall–Kier alpha value is -2.91. The third kappa shape index (κ3) is 4.04. The lowest BCUT2D eigenvalue weighted by molar-refractivity contribution is 0.0903. The van der Waals surface area contributed by atoms with Crippen LogP contribution in [0.15, 0.2) is 53.5 Å². The number of aliphatic hydroxyl groups is 1. The summed E-state index contributed by atoms with van der Waals surface area (Å²) in [4.78, 5) is 23.5. The molecule has 0 saturated carbocycles. The van der Waals surface area contributed by atoms with Crippen molar-refractivity contribution in [2.24, 2.45) is 0 Å². The molecule has 0 aliphatic rings. The smallest absolute Gasteiger partial charge is 0.251 e. The number of hydrogen-bond acceptors (Lipinski definition) is 4. The molecule has 22 heavy (non-hydrogen) atoms. The van der Waals surface area contributed by atoms with Crippen LogP contribution in [-0.2, 0) is 6.54 Å². The fourth-order valence-corrected chi connectivity index (χ4v) is 1.95. The van der Waals surface area contributed by atoms with Crippen molar-refractivity contribution in [3.05, 3.63) is 70.1 Å². The van der Waals surface area contributed by atoms with Gasteiger partial charge in [0.25, 0.3) is 11.5 Å². The van der Waals surface area contributed by atoms with Crippen LogP contribution in [-0.4, -0.2) is 28.2 Å². The Morgan fingerprint density at radius 2 is 2.14 bits per heavy atom. The van der Waals surface area contributed by atoms with E-state index in [0.717, 1.165) is 0 Å². The molecule has 1 aromatic carbocycles. The average molecular weight is 297 g/mol. The highest BCUT2D eigenvalue weighted by molar-refractivity contribution is 5.94. The number of nitriles is 1. The van der Waals surface area contributed by atoms with Gasteiger partial charge in [-0.2, -0.15) is 5.26 Å². The Labute approximate surface area is 127 Å². The first-order valence-corrected chi connectivity index (χ1v) is 6.72. The van der Waals surface area contributed by atoms with Gasteiger partial charge >= 0.3 is 0 Å². The zero-order valence-corrected chi connectivity index (χ0v) is 11.8. The normalized spacial score (nSPS) is 11.5. The van der Waals surface area contributed by atoms with E-state index in [1.165, 1.54) is 16.7 Å². The van der Waals surface area contributed by atoms with Gasteiger partial charge in [0.05, 0.1) is 24.3 Å². The second kappa shape index (κ2) is 7.20. The van der Waals surface area contributed by atoms with E-state index in [0.29, 0.717) is 11.1 Å². The number of aromatic nitrogens is 1. The third-order valence-corrected chi connectivity index (χ3v) is 3.06. The Morgan fingerprint density at radius 3 is 2.86 bits per heavy atom. The summed E-state index contributed by atoms with van der Waals surface area (Å²) in [5.41, 5.74) is 0.529. The van der Waals surface area contributed by atoms with Crippen molar-refractivity contribution in [1.82, 2.24) is 9.88 Å². The molecule has 1 amide bonds. The van der Waals surface area contributed by atoms with Crippen LogP contribution in [0.25, 0.3) is 0 Å². The number of nitrogens with one attached hydrogen (secondary N) is 1. The number of hydrogen-bond donors (Lipinski definition) is 2. The number of pyridine rings is 1. The first-order chi connectivity index (χ1) is 10.6. The first-order valence-electron chi connectivity index (χ1n) is 6.72. The van der Waals surface area contributed by atoms with E-state index in [9.17, 15) is 14.7 Å². The lowest BCUT2D eigenvalue weighted by Crippen LogP contribution is -2.36. The fraction of sp³-hybridized carbons (Fsp3) is 0.188. The molecule has 0 spiro atoms. The molecule has 0 radical (unpaired) electrons. The highest BCUT2D eigenvalue weighted by Gasteiger charge is 2.10. The van der Waals surface area contributed by atoms with Crippen LogP contribution in [0.3, 0.4) is 0 Å². The molecule has 1 aromatic heterocycles. The molecule has 6 heteroatoms. The molecule has 0 saturated heterocycles. The second-order valence-corrected chi connectivity index (χ2v) is 4.75. The molecule has 0 aliphatic carbocycles. The van der Waals surface area contributed by atoms with Crippen molar-refractivity contribution in [3.8, 4) is 6.07 Å². The fourth-order valence-electron chi connectivity index (χ4n) is 1.95. The van der Waals surface area contributed by atoms with Crippen molar-refractivity contribution in [2.45, 2.75) is 12.6 Å². The van der Waals surface area contributed by atoms with Gasteiger partial charge in [-0.1, -0.05) is 12.1 Å². The lowest BCUT2D eigenvalue weighted by atomic mass is 10.1. The number of rotatable bonds is 5. The van der Waals surface area contributed by atoms with Gasteiger partial charge in [-0.05, 0) is 24.3 Å². The molecular formula is C16H15N3O3. The van der Waals surface area contributed by atoms with Gasteiger partial charge in [-0.15, -0.1) is 0 Å². The van der Waals surface area contributed by atoms with E-state index >= 15 is 0 Å². The molecule has 0 aliphatic heterocycles. The Morgan fingerprint density at radius 1 is 1.32 bits per heavy atom. The van der Waals surface area contributed by atoms with E-state index in [2.05, 4.69) is 5.32 Å². The Balaban J connectivity index is 1.92. The molecule has 0 bridgehead atoms. The monoisotopic (exact) mass is 297 g/mol. The molecule has 0 unspecified atom stereocenters. The second-order valence-electron chi connectivity index (χ2n) is 4.75. The van der Waals surface area contributed by atoms with Gasteiger partial charge in [0.15, 0.2) is 0 Å². The maximum absolute atomic E-state index is 11.9. The van der Waals surface area contributed by atoms with Gasteiger partial charge in [0.1, 0.15) is 0 Å². The van der Waals surface area contributed by atoms with Gasteiger partial charge in [-0.25, -0.2) is 0 Å². The molecular weight excluding hydrogens is 282 g/mol. The van der Waals surface area contributed by atoms with Crippen molar-refractivity contribution < 1.29 is 9.90 Å². The number of nitrogens with zero attached hydrogens (tertiary/aromatic N) is 2. The number of carbonyl (C=O) groups is 1. The Kier molecular flexibility index (Phi) is 5.07. The lowest BCUT2D eigenvalue weighted by Gasteiger charge is -2.13. The van der Waals surface area contributed by atoms with Gasteiger partial charge in [-0.3, -0.25) is 9.59 Å². The summed E-state index contributed by atoms with van der Waals surface area (Å²) in [7, 11) is 0. The summed E-state index contributed by atoms with van der Waals surface area (Å²) in [6.45, 7) is 0.106. The highest BCUT2D eigenvalue weighted by atomic mass is 16.3. The summed E-state index contributed by atoms with van der Waals surface area (Å²) in [5, 5.41) is 21.3. The van der Waals surface area contributed by atoms with Crippen LogP contribution >= 0.6 is 0 Å². The van der Waals surface area contributed by atoms with E-state index < -0.39 is 6.10 Å². The molecule has 0 fully saturated rings. The van der Waals surface area contributed by atoms with Crippen LogP contribution in [0, 0.1) is 11.3 Å². The van der Waals surface area contributed by atoms with E-state index in [-0.39, 0.29) is 24.6 Å². The van der Waals surface area contributed by atoms with Crippen LogP contribution in [0.4, 0.5) is 0 Å². The zero-order valence-electron chi connectivity index (χ0n) is 11.8. The van der Waals surface area contributed by atoms with Crippen molar-refractivity contribution in [2.75, 3.05) is 6.54 Å². The van der Waals surface area contributed by atoms with E-state index in [1.54, 1.807) is 36.5 Å². The number of carbonyl (C=O) groups excluding carboxylic acids is 1. The minimum Gasteiger partial charge on any atom is -0.389 e. The van der Waals surface area contributed by atoms with E-state index in [1.807, 2.05) is 6.07 Å². The predicted molar refractivity (Wildman–Crippen MR) is 80.2 cm³/mol.